The first-order valence-corrected chi connectivity index (χ1v) is 13.7. The summed E-state index contributed by atoms with van der Waals surface area (Å²) in [6, 6.07) is 16.0. The Kier molecular flexibility index (Phi) is 9.07. The molecule has 0 spiro atoms. The van der Waals surface area contributed by atoms with E-state index in [1.54, 1.807) is 6.20 Å². The van der Waals surface area contributed by atoms with Crippen LogP contribution < -0.4 is 20.9 Å². The molecule has 1 aromatic heterocycles. The minimum absolute atomic E-state index is 0.228. The van der Waals surface area contributed by atoms with Crippen LogP contribution in [0.1, 0.15) is 49.3 Å². The van der Waals surface area contributed by atoms with Crippen LogP contribution in [0, 0.1) is 6.92 Å². The Bertz CT molecular complexity index is 1340. The zero-order chi connectivity index (χ0) is 27.2. The number of H-pyrrole nitrogens is 1. The molecule has 0 unspecified atom stereocenters. The summed E-state index contributed by atoms with van der Waals surface area (Å²) in [5, 5.41) is 6.77. The number of nitrogens with zero attached hydrogens (tertiary/aromatic N) is 2. The highest BCUT2D eigenvalue weighted by Crippen LogP contribution is 2.26. The lowest BCUT2D eigenvalue weighted by Crippen LogP contribution is -2.40. The molecule has 3 N–H and O–H groups in total. The van der Waals surface area contributed by atoms with Crippen LogP contribution in [0.4, 0.5) is 5.69 Å². The summed E-state index contributed by atoms with van der Waals surface area (Å²) in [6.45, 7) is 12.4. The van der Waals surface area contributed by atoms with E-state index in [1.807, 2.05) is 43.3 Å². The SMILES string of the molecule is C=C(/N=C(/Nc1ccc(Oc2ccc(C(C)C)cc2)cc1)c1c(C)c(Br)c[nH]c1=O)NC1CCN(C)CC1. The molecule has 7 nitrogen and oxygen atoms in total. The number of amidine groups is 1. The van der Waals surface area contributed by atoms with E-state index < -0.39 is 0 Å². The molecule has 38 heavy (non-hydrogen) atoms. The third-order valence-corrected chi connectivity index (χ3v) is 7.59. The number of aliphatic imine (C=N–C) groups is 1. The van der Waals surface area contributed by atoms with Crippen molar-refractivity contribution in [2.45, 2.75) is 45.6 Å². The van der Waals surface area contributed by atoms with Gasteiger partial charge in [-0.3, -0.25) is 4.79 Å². The van der Waals surface area contributed by atoms with E-state index in [0.717, 1.165) is 53.2 Å². The van der Waals surface area contributed by atoms with Crippen LogP contribution in [0.15, 0.2) is 81.4 Å². The standard InChI is InChI=1S/C30H36BrN5O2/c1-19(2)22-6-10-25(11-7-22)38-26-12-8-23(9-13-26)35-29(28-20(3)27(31)18-32-30(28)37)34-21(4)33-24-14-16-36(5)17-15-24/h6-13,18-19,24,33H,4,14-17H2,1-3,5H3,(H,32,37)(H,34,35). The Hall–Kier alpha value is -3.36. The number of rotatable bonds is 8. The van der Waals surface area contributed by atoms with Gasteiger partial charge in [-0.2, -0.15) is 0 Å². The number of hydrogen-bond donors (Lipinski definition) is 3. The van der Waals surface area contributed by atoms with Crippen molar-refractivity contribution in [1.29, 1.82) is 0 Å². The van der Waals surface area contributed by atoms with Crippen molar-refractivity contribution >= 4 is 27.5 Å². The van der Waals surface area contributed by atoms with Gasteiger partial charge < -0.3 is 25.3 Å². The van der Waals surface area contributed by atoms with E-state index in [1.165, 1.54) is 5.56 Å². The van der Waals surface area contributed by atoms with E-state index in [2.05, 4.69) is 76.1 Å². The maximum Gasteiger partial charge on any atom is 0.259 e. The third kappa shape index (κ3) is 7.14. The Morgan fingerprint density at radius 2 is 1.71 bits per heavy atom. The second kappa shape index (κ2) is 12.5. The van der Waals surface area contributed by atoms with Gasteiger partial charge in [0.2, 0.25) is 0 Å². The molecule has 1 fully saturated rings. The lowest BCUT2D eigenvalue weighted by Gasteiger charge is -2.30. The maximum atomic E-state index is 12.9. The van der Waals surface area contributed by atoms with E-state index in [-0.39, 0.29) is 5.56 Å². The molecule has 200 valence electrons. The van der Waals surface area contributed by atoms with E-state index >= 15 is 0 Å². The number of likely N-dealkylation sites (tertiary alicyclic amines) is 1. The molecular weight excluding hydrogens is 542 g/mol. The van der Waals surface area contributed by atoms with Crippen molar-refractivity contribution in [2.24, 2.45) is 4.99 Å². The molecular formula is C30H36BrN5O2. The summed E-state index contributed by atoms with van der Waals surface area (Å²) in [4.78, 5) is 22.7. The first-order valence-electron chi connectivity index (χ1n) is 13.0. The molecule has 8 heteroatoms. The fourth-order valence-corrected chi connectivity index (χ4v) is 4.70. The quantitative estimate of drug-likeness (QED) is 0.214. The highest BCUT2D eigenvalue weighted by atomic mass is 79.9. The Balaban J connectivity index is 1.54. The van der Waals surface area contributed by atoms with Gasteiger partial charge in [0.1, 0.15) is 23.2 Å². The van der Waals surface area contributed by atoms with E-state index in [0.29, 0.717) is 29.2 Å². The molecule has 0 amide bonds. The number of anilines is 1. The fourth-order valence-electron chi connectivity index (χ4n) is 4.39. The minimum Gasteiger partial charge on any atom is -0.457 e. The molecule has 0 bridgehead atoms. The fraction of sp³-hybridized carbons (Fsp3) is 0.333. The number of aromatic amines is 1. The van der Waals surface area contributed by atoms with Gasteiger partial charge in [-0.15, -0.1) is 0 Å². The first kappa shape index (κ1) is 27.7. The van der Waals surface area contributed by atoms with E-state index in [9.17, 15) is 4.79 Å². The molecule has 1 saturated heterocycles. The van der Waals surface area contributed by atoms with Gasteiger partial charge in [0.15, 0.2) is 0 Å². The number of piperidine rings is 1. The molecule has 2 heterocycles. The van der Waals surface area contributed by atoms with Crippen molar-refractivity contribution in [3.8, 4) is 11.5 Å². The topological polar surface area (TPSA) is 81.8 Å². The van der Waals surface area contributed by atoms with Gasteiger partial charge in [0.25, 0.3) is 5.56 Å². The molecule has 1 aliphatic rings. The zero-order valence-electron chi connectivity index (χ0n) is 22.5. The maximum absolute atomic E-state index is 12.9. The van der Waals surface area contributed by atoms with Gasteiger partial charge in [-0.05, 0) is 109 Å². The second-order valence-corrected chi connectivity index (χ2v) is 10.9. The lowest BCUT2D eigenvalue weighted by molar-refractivity contribution is 0.241. The van der Waals surface area contributed by atoms with Crippen LogP contribution in [0.3, 0.4) is 0 Å². The number of hydrogen-bond acceptors (Lipinski definition) is 5. The van der Waals surface area contributed by atoms with Gasteiger partial charge in [0, 0.05) is 22.4 Å². The summed E-state index contributed by atoms with van der Waals surface area (Å²) in [5.41, 5.74) is 3.06. The molecule has 3 aromatic rings. The van der Waals surface area contributed by atoms with Crippen LogP contribution in [-0.2, 0) is 0 Å². The predicted octanol–water partition coefficient (Wildman–Crippen LogP) is 6.38. The van der Waals surface area contributed by atoms with Gasteiger partial charge in [-0.25, -0.2) is 4.99 Å². The summed E-state index contributed by atoms with van der Waals surface area (Å²) >= 11 is 3.53. The summed E-state index contributed by atoms with van der Waals surface area (Å²) in [6.07, 6.45) is 3.68. The molecule has 0 radical (unpaired) electrons. The molecule has 0 atom stereocenters. The second-order valence-electron chi connectivity index (χ2n) is 10.1. The van der Waals surface area contributed by atoms with Crippen molar-refractivity contribution in [3.63, 3.8) is 0 Å². The monoisotopic (exact) mass is 577 g/mol. The number of ether oxygens (including phenoxy) is 1. The number of pyridine rings is 1. The first-order chi connectivity index (χ1) is 18.2. The Morgan fingerprint density at radius 1 is 1.11 bits per heavy atom. The van der Waals surface area contributed by atoms with Crippen LogP contribution in [-0.4, -0.2) is 41.9 Å². The molecule has 2 aromatic carbocycles. The summed E-state index contributed by atoms with van der Waals surface area (Å²) in [7, 11) is 2.13. The van der Waals surface area contributed by atoms with Crippen LogP contribution in [0.2, 0.25) is 0 Å². The molecule has 1 aliphatic heterocycles. The average Bonchev–Trinajstić information content (AvgIpc) is 2.89. The number of halogens is 1. The van der Waals surface area contributed by atoms with Gasteiger partial charge in [0.05, 0.1) is 5.56 Å². The van der Waals surface area contributed by atoms with E-state index in [4.69, 9.17) is 9.73 Å². The average molecular weight is 579 g/mol. The Labute approximate surface area is 233 Å². The largest absolute Gasteiger partial charge is 0.457 e. The lowest BCUT2D eigenvalue weighted by atomic mass is 10.0. The van der Waals surface area contributed by atoms with Crippen molar-refractivity contribution in [1.82, 2.24) is 15.2 Å². The minimum atomic E-state index is -0.228. The highest BCUT2D eigenvalue weighted by molar-refractivity contribution is 9.10. The normalized spacial score (nSPS) is 14.9. The number of nitrogens with one attached hydrogen (secondary N) is 3. The van der Waals surface area contributed by atoms with Crippen molar-refractivity contribution in [2.75, 3.05) is 25.5 Å². The smallest absolute Gasteiger partial charge is 0.259 e. The zero-order valence-corrected chi connectivity index (χ0v) is 24.1. The van der Waals surface area contributed by atoms with Crippen LogP contribution >= 0.6 is 15.9 Å². The van der Waals surface area contributed by atoms with Gasteiger partial charge >= 0.3 is 0 Å². The summed E-state index contributed by atoms with van der Waals surface area (Å²) < 4.78 is 6.82. The van der Waals surface area contributed by atoms with Crippen LogP contribution in [0.25, 0.3) is 0 Å². The van der Waals surface area contributed by atoms with Crippen LogP contribution in [0.5, 0.6) is 11.5 Å². The Morgan fingerprint density at radius 3 is 2.32 bits per heavy atom. The molecule has 4 rings (SSSR count). The summed E-state index contributed by atoms with van der Waals surface area (Å²) in [5.74, 6) is 2.92. The van der Waals surface area contributed by atoms with Crippen molar-refractivity contribution in [3.05, 3.63) is 98.6 Å². The number of aromatic nitrogens is 1. The van der Waals surface area contributed by atoms with Crippen molar-refractivity contribution < 1.29 is 4.74 Å². The molecule has 0 saturated carbocycles. The molecule has 0 aliphatic carbocycles. The predicted molar refractivity (Wildman–Crippen MR) is 160 cm³/mol. The number of benzene rings is 2. The highest BCUT2D eigenvalue weighted by Gasteiger charge is 2.19. The van der Waals surface area contributed by atoms with Gasteiger partial charge in [-0.1, -0.05) is 32.6 Å². The third-order valence-electron chi connectivity index (χ3n) is 6.76.